The largest absolute Gasteiger partial charge is 0.394 e. The van der Waals surface area contributed by atoms with E-state index in [1.807, 2.05) is 0 Å². The molecular formula is C11H16N5O5+. The third-order valence-corrected chi connectivity index (χ3v) is 3.58. The number of aliphatic hydroxyl groups is 3. The number of fused-ring (bicyclic) bond motifs is 1. The lowest BCUT2D eigenvalue weighted by atomic mass is 10.1. The Bertz CT molecular complexity index is 740. The van der Waals surface area contributed by atoms with Gasteiger partial charge in [-0.05, 0) is 0 Å². The van der Waals surface area contributed by atoms with Crippen LogP contribution < -0.4 is 15.9 Å². The molecule has 0 unspecified atom stereocenters. The molecule has 3 heterocycles. The second kappa shape index (κ2) is 4.77. The van der Waals surface area contributed by atoms with Crippen LogP contribution in [0, 0.1) is 0 Å². The molecule has 1 saturated heterocycles. The SMILES string of the molecule is Cn1c[n+]([C@@H]2O[C@H](CO)[C@@H](O)[C@@H]2O)c2nc(N)[nH]c(=O)c21. The fourth-order valence-corrected chi connectivity index (χ4v) is 2.57. The van der Waals surface area contributed by atoms with Crippen molar-refractivity contribution in [3.63, 3.8) is 0 Å². The fourth-order valence-electron chi connectivity index (χ4n) is 2.57. The van der Waals surface area contributed by atoms with Gasteiger partial charge in [-0.15, -0.1) is 0 Å². The summed E-state index contributed by atoms with van der Waals surface area (Å²) < 4.78 is 8.35. The van der Waals surface area contributed by atoms with Crippen molar-refractivity contribution in [3.8, 4) is 0 Å². The number of hydrogen-bond donors (Lipinski definition) is 5. The summed E-state index contributed by atoms with van der Waals surface area (Å²) in [5.74, 6) is -0.0702. The molecule has 10 heteroatoms. The first kappa shape index (κ1) is 13.9. The number of imidazole rings is 1. The zero-order chi connectivity index (χ0) is 15.3. The summed E-state index contributed by atoms with van der Waals surface area (Å²) in [6.07, 6.45) is -2.88. The standard InChI is InChI=1S/C11H15N5O5/c1-15-3-16(8-5(15)9(20)14-11(12)13-8)10-7(19)6(18)4(2-17)21-10/h3-4,6-7,10,17-19H,2H2,1H3,(H2-,12,13,14,20)/p+1/t4-,6-,7+,10-/m1/s1. The van der Waals surface area contributed by atoms with E-state index < -0.39 is 36.7 Å². The van der Waals surface area contributed by atoms with E-state index in [4.69, 9.17) is 15.6 Å². The van der Waals surface area contributed by atoms with Crippen LogP contribution in [-0.2, 0) is 11.8 Å². The first-order valence-electron chi connectivity index (χ1n) is 6.32. The number of aliphatic hydroxyl groups excluding tert-OH is 3. The number of anilines is 1. The Morgan fingerprint density at radius 2 is 2.24 bits per heavy atom. The molecule has 0 spiro atoms. The van der Waals surface area contributed by atoms with Gasteiger partial charge >= 0.3 is 5.65 Å². The minimum Gasteiger partial charge on any atom is -0.394 e. The van der Waals surface area contributed by atoms with Gasteiger partial charge < -0.3 is 25.8 Å². The molecule has 2 aromatic heterocycles. The highest BCUT2D eigenvalue weighted by molar-refractivity contribution is 5.67. The zero-order valence-electron chi connectivity index (χ0n) is 11.2. The van der Waals surface area contributed by atoms with Gasteiger partial charge in [0.1, 0.15) is 18.3 Å². The van der Waals surface area contributed by atoms with Crippen molar-refractivity contribution >= 4 is 17.1 Å². The number of rotatable bonds is 2. The lowest BCUT2D eigenvalue weighted by Crippen LogP contribution is -2.46. The van der Waals surface area contributed by atoms with Crippen LogP contribution in [0.4, 0.5) is 5.95 Å². The minimum atomic E-state index is -1.26. The Morgan fingerprint density at radius 3 is 2.86 bits per heavy atom. The van der Waals surface area contributed by atoms with Crippen molar-refractivity contribution in [1.82, 2.24) is 14.5 Å². The van der Waals surface area contributed by atoms with E-state index in [-0.39, 0.29) is 17.1 Å². The number of nitrogens with zero attached hydrogens (tertiary/aromatic N) is 3. The number of nitrogen functional groups attached to an aromatic ring is 1. The number of ether oxygens (including phenoxy) is 1. The van der Waals surface area contributed by atoms with Crippen molar-refractivity contribution in [2.75, 3.05) is 12.3 Å². The number of aromatic amines is 1. The van der Waals surface area contributed by atoms with Crippen LogP contribution in [0.15, 0.2) is 11.1 Å². The molecular weight excluding hydrogens is 282 g/mol. The van der Waals surface area contributed by atoms with Crippen molar-refractivity contribution in [2.24, 2.45) is 7.05 Å². The van der Waals surface area contributed by atoms with Crippen LogP contribution in [-0.4, -0.2) is 54.8 Å². The van der Waals surface area contributed by atoms with E-state index in [0.29, 0.717) is 0 Å². The molecule has 0 amide bonds. The van der Waals surface area contributed by atoms with E-state index in [2.05, 4.69) is 9.97 Å². The van der Waals surface area contributed by atoms with Crippen molar-refractivity contribution in [2.45, 2.75) is 24.5 Å². The molecule has 4 atom stereocenters. The number of nitrogens with two attached hydrogens (primary N) is 1. The maximum absolute atomic E-state index is 11.9. The average Bonchev–Trinajstić information content (AvgIpc) is 2.89. The van der Waals surface area contributed by atoms with Gasteiger partial charge in [0, 0.05) is 0 Å². The van der Waals surface area contributed by atoms with Gasteiger partial charge in [0.15, 0.2) is 6.33 Å². The average molecular weight is 298 g/mol. The van der Waals surface area contributed by atoms with E-state index in [1.165, 1.54) is 15.5 Å². The van der Waals surface area contributed by atoms with Gasteiger partial charge in [-0.3, -0.25) is 14.3 Å². The quantitative estimate of drug-likeness (QED) is 0.365. The third-order valence-electron chi connectivity index (χ3n) is 3.58. The number of nitrogens with one attached hydrogen (secondary N) is 1. The smallest absolute Gasteiger partial charge is 0.313 e. The highest BCUT2D eigenvalue weighted by Crippen LogP contribution is 2.26. The van der Waals surface area contributed by atoms with E-state index >= 15 is 0 Å². The molecule has 21 heavy (non-hydrogen) atoms. The Kier molecular flexibility index (Phi) is 3.17. The number of H-pyrrole nitrogens is 1. The van der Waals surface area contributed by atoms with E-state index in [1.54, 1.807) is 7.05 Å². The van der Waals surface area contributed by atoms with Gasteiger partial charge in [-0.25, -0.2) is 4.57 Å². The normalized spacial score (nSPS) is 29.3. The lowest BCUT2D eigenvalue weighted by Gasteiger charge is -2.11. The van der Waals surface area contributed by atoms with Crippen molar-refractivity contribution in [3.05, 3.63) is 16.7 Å². The predicted octanol–water partition coefficient (Wildman–Crippen LogP) is -3.26. The Labute approximate surface area is 118 Å². The van der Waals surface area contributed by atoms with Gasteiger partial charge in [-0.1, -0.05) is 4.98 Å². The van der Waals surface area contributed by atoms with Gasteiger partial charge in [0.25, 0.3) is 11.5 Å². The highest BCUT2D eigenvalue weighted by atomic mass is 16.6. The van der Waals surface area contributed by atoms with Crippen LogP contribution in [0.3, 0.4) is 0 Å². The number of hydrogen-bond acceptors (Lipinski definition) is 7. The number of aryl methyl sites for hydroxylation is 1. The molecule has 114 valence electrons. The summed E-state index contributed by atoms with van der Waals surface area (Å²) in [6, 6.07) is 0. The third kappa shape index (κ3) is 2.00. The van der Waals surface area contributed by atoms with Crippen LogP contribution in [0.25, 0.3) is 11.2 Å². The molecule has 0 aliphatic carbocycles. The van der Waals surface area contributed by atoms with Crippen LogP contribution in [0.5, 0.6) is 0 Å². The second-order valence-electron chi connectivity index (χ2n) is 4.99. The Morgan fingerprint density at radius 1 is 1.52 bits per heavy atom. The molecule has 1 aliphatic heterocycles. The van der Waals surface area contributed by atoms with Crippen LogP contribution in [0.2, 0.25) is 0 Å². The predicted molar refractivity (Wildman–Crippen MR) is 69.0 cm³/mol. The van der Waals surface area contributed by atoms with Crippen LogP contribution >= 0.6 is 0 Å². The van der Waals surface area contributed by atoms with E-state index in [9.17, 15) is 15.0 Å². The Hall–Kier alpha value is -2.01. The van der Waals surface area contributed by atoms with Crippen molar-refractivity contribution < 1.29 is 24.6 Å². The Balaban J connectivity index is 2.16. The highest BCUT2D eigenvalue weighted by Gasteiger charge is 2.46. The summed E-state index contributed by atoms with van der Waals surface area (Å²) in [4.78, 5) is 18.3. The first-order valence-corrected chi connectivity index (χ1v) is 6.32. The first-order chi connectivity index (χ1) is 9.93. The molecule has 1 aliphatic rings. The second-order valence-corrected chi connectivity index (χ2v) is 4.99. The maximum Gasteiger partial charge on any atom is 0.313 e. The molecule has 6 N–H and O–H groups in total. The zero-order valence-corrected chi connectivity index (χ0v) is 11.2. The molecule has 3 rings (SSSR count). The monoisotopic (exact) mass is 298 g/mol. The van der Waals surface area contributed by atoms with E-state index in [0.717, 1.165) is 0 Å². The molecule has 2 aromatic rings. The molecule has 0 bridgehead atoms. The molecule has 0 radical (unpaired) electrons. The number of aromatic nitrogens is 4. The molecule has 0 saturated carbocycles. The summed E-state index contributed by atoms with van der Waals surface area (Å²) in [5, 5.41) is 29.0. The summed E-state index contributed by atoms with van der Waals surface area (Å²) in [6.45, 7) is -0.434. The lowest BCUT2D eigenvalue weighted by molar-refractivity contribution is -0.745. The van der Waals surface area contributed by atoms with Crippen LogP contribution in [0.1, 0.15) is 6.23 Å². The summed E-state index contributed by atoms with van der Waals surface area (Å²) in [7, 11) is 1.63. The molecule has 10 nitrogen and oxygen atoms in total. The maximum atomic E-state index is 11.9. The molecule has 0 aromatic carbocycles. The van der Waals surface area contributed by atoms with Gasteiger partial charge in [0.05, 0.1) is 13.7 Å². The summed E-state index contributed by atoms with van der Waals surface area (Å²) in [5.41, 5.74) is 5.58. The summed E-state index contributed by atoms with van der Waals surface area (Å²) >= 11 is 0. The van der Waals surface area contributed by atoms with Crippen molar-refractivity contribution in [1.29, 1.82) is 0 Å². The fraction of sp³-hybridized carbons (Fsp3) is 0.545. The minimum absolute atomic E-state index is 0.0702. The van der Waals surface area contributed by atoms with Gasteiger partial charge in [0.2, 0.25) is 11.7 Å². The molecule has 1 fully saturated rings. The topological polar surface area (TPSA) is 150 Å². The van der Waals surface area contributed by atoms with Gasteiger partial charge in [-0.2, -0.15) is 0 Å².